The van der Waals surface area contributed by atoms with Gasteiger partial charge in [0.25, 0.3) is 0 Å². The maximum Gasteiger partial charge on any atom is 0.336 e. The van der Waals surface area contributed by atoms with Gasteiger partial charge in [0.15, 0.2) is 8.32 Å². The highest BCUT2D eigenvalue weighted by Crippen LogP contribution is 2.44. The molecule has 0 aliphatic carbocycles. The Hall–Kier alpha value is -1.66. The third kappa shape index (κ3) is 3.23. The van der Waals surface area contributed by atoms with E-state index in [0.29, 0.717) is 0 Å². The minimum Gasteiger partial charge on any atom is -0.478 e. The lowest BCUT2D eigenvalue weighted by atomic mass is 9.81. The van der Waals surface area contributed by atoms with Crippen LogP contribution >= 0.6 is 0 Å². The van der Waals surface area contributed by atoms with Crippen LogP contribution in [0.25, 0.3) is 0 Å². The van der Waals surface area contributed by atoms with E-state index in [1.54, 1.807) is 6.07 Å². The molecule has 0 saturated carbocycles. The van der Waals surface area contributed by atoms with Crippen LogP contribution in [0, 0.1) is 0 Å². The van der Waals surface area contributed by atoms with Crippen molar-refractivity contribution in [2.24, 2.45) is 0 Å². The third-order valence-corrected chi connectivity index (χ3v) is 6.89. The van der Waals surface area contributed by atoms with Crippen LogP contribution in [0.4, 0.5) is 0 Å². The zero-order valence-electron chi connectivity index (χ0n) is 13.3. The van der Waals surface area contributed by atoms with Crippen molar-refractivity contribution in [2.75, 3.05) is 0 Å². The Labute approximate surface area is 131 Å². The molecule has 6 heteroatoms. The molecular weight excluding hydrogens is 300 g/mol. The summed E-state index contributed by atoms with van der Waals surface area (Å²) in [4.78, 5) is 22.5. The van der Waals surface area contributed by atoms with Crippen LogP contribution in [0.2, 0.25) is 19.1 Å². The van der Waals surface area contributed by atoms with Crippen LogP contribution in [0.1, 0.15) is 52.5 Å². The number of hydrogen-bond acceptors (Lipinski definition) is 3. The van der Waals surface area contributed by atoms with E-state index in [0.717, 1.165) is 18.0 Å². The number of carbonyl (C=O) groups is 2. The molecule has 0 spiro atoms. The zero-order valence-corrected chi connectivity index (χ0v) is 14.3. The maximum absolute atomic E-state index is 11.3. The molecule has 5 nitrogen and oxygen atoms in total. The van der Waals surface area contributed by atoms with E-state index in [9.17, 15) is 14.7 Å². The minimum absolute atomic E-state index is 0.0639. The summed E-state index contributed by atoms with van der Waals surface area (Å²) in [6.45, 7) is 8.41. The Morgan fingerprint density at radius 2 is 1.77 bits per heavy atom. The smallest absolute Gasteiger partial charge is 0.336 e. The van der Waals surface area contributed by atoms with Crippen molar-refractivity contribution < 1.29 is 24.2 Å². The summed E-state index contributed by atoms with van der Waals surface area (Å²) in [7, 11) is -1.68. The predicted octanol–water partition coefficient (Wildman–Crippen LogP) is 3.57. The number of hydrogen-bond donors (Lipinski definition) is 2. The first kappa shape index (κ1) is 16.7. The monoisotopic (exact) mass is 322 g/mol. The van der Waals surface area contributed by atoms with E-state index < -0.39 is 20.3 Å². The van der Waals surface area contributed by atoms with Gasteiger partial charge in [0.1, 0.15) is 0 Å². The summed E-state index contributed by atoms with van der Waals surface area (Å²) < 4.78 is 6.28. The van der Waals surface area contributed by atoms with Gasteiger partial charge in [-0.25, -0.2) is 9.59 Å². The average Bonchev–Trinajstić information content (AvgIpc) is 2.35. The molecule has 1 unspecified atom stereocenters. The molecule has 0 bridgehead atoms. The highest BCUT2D eigenvalue weighted by molar-refractivity contribution is 6.71. The number of benzene rings is 1. The standard InChI is InChI=1S/C16H22O5Si/c1-16(2)13(7-8-22(3,4)21-16)10-5-6-11(14(17)18)12(9-10)15(19)20/h5-6,9,13H,7-8H2,1-4H3,(H,17,18)(H,19,20). The lowest BCUT2D eigenvalue weighted by molar-refractivity contribution is 0.0487. The second kappa shape index (κ2) is 5.51. The fourth-order valence-corrected chi connectivity index (χ4v) is 6.04. The van der Waals surface area contributed by atoms with Gasteiger partial charge >= 0.3 is 11.9 Å². The Morgan fingerprint density at radius 3 is 2.27 bits per heavy atom. The van der Waals surface area contributed by atoms with E-state index in [4.69, 9.17) is 9.53 Å². The molecule has 1 atom stereocenters. The Morgan fingerprint density at radius 1 is 1.18 bits per heavy atom. The van der Waals surface area contributed by atoms with E-state index in [1.165, 1.54) is 12.1 Å². The van der Waals surface area contributed by atoms with Crippen molar-refractivity contribution >= 4 is 20.3 Å². The largest absolute Gasteiger partial charge is 0.478 e. The molecule has 1 aliphatic rings. The Kier molecular flexibility index (Phi) is 4.19. The highest BCUT2D eigenvalue weighted by atomic mass is 28.4. The van der Waals surface area contributed by atoms with E-state index in [2.05, 4.69) is 13.1 Å². The second-order valence-corrected chi connectivity index (χ2v) is 11.2. The first-order chi connectivity index (χ1) is 10.0. The van der Waals surface area contributed by atoms with Gasteiger partial charge in [0.2, 0.25) is 0 Å². The van der Waals surface area contributed by atoms with Gasteiger partial charge in [-0.2, -0.15) is 0 Å². The topological polar surface area (TPSA) is 83.8 Å². The molecule has 2 N–H and O–H groups in total. The molecule has 1 aromatic carbocycles. The van der Waals surface area contributed by atoms with Crippen molar-refractivity contribution in [1.82, 2.24) is 0 Å². The lowest BCUT2D eigenvalue weighted by Gasteiger charge is -2.46. The van der Waals surface area contributed by atoms with Crippen molar-refractivity contribution in [3.8, 4) is 0 Å². The molecule has 120 valence electrons. The molecule has 0 radical (unpaired) electrons. The summed E-state index contributed by atoms with van der Waals surface area (Å²) in [6.07, 6.45) is 0.928. The van der Waals surface area contributed by atoms with E-state index in [-0.39, 0.29) is 22.6 Å². The number of aromatic carboxylic acids is 2. The summed E-state index contributed by atoms with van der Waals surface area (Å²) in [5, 5.41) is 18.4. The van der Waals surface area contributed by atoms with Crippen molar-refractivity contribution in [1.29, 1.82) is 0 Å². The van der Waals surface area contributed by atoms with Crippen molar-refractivity contribution in [3.63, 3.8) is 0 Å². The SMILES string of the molecule is CC1(C)O[Si](C)(C)CCC1c1ccc(C(=O)O)c(C(=O)O)c1. The molecule has 22 heavy (non-hydrogen) atoms. The van der Waals surface area contributed by atoms with Crippen LogP contribution < -0.4 is 0 Å². The second-order valence-electron chi connectivity index (χ2n) is 6.97. The number of carboxylic acid groups (broad SMARTS) is 2. The van der Waals surface area contributed by atoms with Gasteiger partial charge in [-0.05, 0) is 57.1 Å². The zero-order chi connectivity index (χ0) is 16.7. The Bertz CT molecular complexity index is 621. The molecule has 1 saturated heterocycles. The summed E-state index contributed by atoms with van der Waals surface area (Å²) in [5.41, 5.74) is 0.106. The van der Waals surface area contributed by atoms with E-state index >= 15 is 0 Å². The van der Waals surface area contributed by atoms with Gasteiger partial charge in [0.05, 0.1) is 16.7 Å². The lowest BCUT2D eigenvalue weighted by Crippen LogP contribution is -2.49. The van der Waals surface area contributed by atoms with Crippen molar-refractivity contribution in [2.45, 2.75) is 50.9 Å². The molecular formula is C16H22O5Si. The van der Waals surface area contributed by atoms with Gasteiger partial charge < -0.3 is 14.6 Å². The predicted molar refractivity (Wildman–Crippen MR) is 85.2 cm³/mol. The first-order valence-electron chi connectivity index (χ1n) is 7.34. The van der Waals surface area contributed by atoms with Gasteiger partial charge in [-0.1, -0.05) is 6.07 Å². The third-order valence-electron chi connectivity index (χ3n) is 4.32. The van der Waals surface area contributed by atoms with Crippen LogP contribution in [0.15, 0.2) is 18.2 Å². The van der Waals surface area contributed by atoms with Gasteiger partial charge in [-0.15, -0.1) is 0 Å². The molecule has 1 aliphatic heterocycles. The van der Waals surface area contributed by atoms with Crippen molar-refractivity contribution in [3.05, 3.63) is 34.9 Å². The van der Waals surface area contributed by atoms with Crippen LogP contribution in [0.5, 0.6) is 0 Å². The quantitative estimate of drug-likeness (QED) is 0.831. The first-order valence-corrected chi connectivity index (χ1v) is 10.5. The molecule has 1 heterocycles. The maximum atomic E-state index is 11.3. The molecule has 1 fully saturated rings. The molecule has 0 amide bonds. The molecule has 0 aromatic heterocycles. The normalized spacial score (nSPS) is 23.0. The Balaban J connectivity index is 2.43. The molecule has 1 aromatic rings. The van der Waals surface area contributed by atoms with Gasteiger partial charge in [-0.3, -0.25) is 0 Å². The number of rotatable bonds is 3. The van der Waals surface area contributed by atoms with Gasteiger partial charge in [0, 0.05) is 5.92 Å². The van der Waals surface area contributed by atoms with E-state index in [1.807, 2.05) is 13.8 Å². The fourth-order valence-electron chi connectivity index (χ4n) is 3.38. The van der Waals surface area contributed by atoms with Crippen LogP contribution in [0.3, 0.4) is 0 Å². The molecule has 2 rings (SSSR count). The number of carboxylic acids is 2. The van der Waals surface area contributed by atoms with Crippen LogP contribution in [-0.4, -0.2) is 36.1 Å². The average molecular weight is 322 g/mol. The summed E-state index contributed by atoms with van der Waals surface area (Å²) in [6, 6.07) is 5.59. The van der Waals surface area contributed by atoms with Crippen LogP contribution in [-0.2, 0) is 4.43 Å². The fraction of sp³-hybridized carbons (Fsp3) is 0.500. The summed E-state index contributed by atoms with van der Waals surface area (Å²) >= 11 is 0. The summed E-state index contributed by atoms with van der Waals surface area (Å²) in [5.74, 6) is -2.38. The highest BCUT2D eigenvalue weighted by Gasteiger charge is 2.43. The minimum atomic E-state index is -1.68.